The number of ether oxygens (including phenoxy) is 1. The van der Waals surface area contributed by atoms with Gasteiger partial charge in [-0.1, -0.05) is 11.6 Å². The fourth-order valence-corrected chi connectivity index (χ4v) is 3.47. The van der Waals surface area contributed by atoms with Crippen molar-refractivity contribution in [1.82, 2.24) is 9.97 Å². The number of aromatic nitrogens is 2. The van der Waals surface area contributed by atoms with Gasteiger partial charge in [0.2, 0.25) is 0 Å². The Hall–Kier alpha value is -2.00. The number of nitrogens with one attached hydrogen (secondary N) is 1. The second-order valence-corrected chi connectivity index (χ2v) is 7.97. The first-order valence-electron chi connectivity index (χ1n) is 7.73. The van der Waals surface area contributed by atoms with Gasteiger partial charge in [0.15, 0.2) is 5.13 Å². The molecule has 26 heavy (non-hydrogen) atoms. The average molecular weight is 409 g/mol. The number of hydrogen-bond donors (Lipinski definition) is 2. The van der Waals surface area contributed by atoms with E-state index in [2.05, 4.69) is 15.3 Å². The van der Waals surface area contributed by atoms with Crippen LogP contribution in [0.1, 0.15) is 13.8 Å². The Labute approximate surface area is 163 Å². The lowest BCUT2D eigenvalue weighted by Crippen LogP contribution is -2.09. The van der Waals surface area contributed by atoms with Gasteiger partial charge in [-0.3, -0.25) is 0 Å². The Morgan fingerprint density at radius 3 is 2.77 bits per heavy atom. The lowest BCUT2D eigenvalue weighted by atomic mass is 10.2. The number of halogens is 1. The van der Waals surface area contributed by atoms with Gasteiger partial charge in [-0.15, -0.1) is 11.3 Å². The van der Waals surface area contributed by atoms with Crippen LogP contribution in [0.15, 0.2) is 46.8 Å². The van der Waals surface area contributed by atoms with Gasteiger partial charge in [-0.2, -0.15) is 0 Å². The average Bonchev–Trinajstić information content (AvgIpc) is 3.05. The second-order valence-electron chi connectivity index (χ2n) is 5.65. The van der Waals surface area contributed by atoms with E-state index >= 15 is 0 Å². The highest BCUT2D eigenvalue weighted by atomic mass is 35.5. The number of pyridine rings is 1. The summed E-state index contributed by atoms with van der Waals surface area (Å²) >= 11 is 7.26. The van der Waals surface area contributed by atoms with Gasteiger partial charge < -0.3 is 10.1 Å². The van der Waals surface area contributed by atoms with Crippen LogP contribution in [0.2, 0.25) is 5.15 Å². The molecule has 3 N–H and O–H groups in total. The van der Waals surface area contributed by atoms with E-state index in [1.165, 1.54) is 11.3 Å². The van der Waals surface area contributed by atoms with E-state index in [-0.39, 0.29) is 6.10 Å². The molecule has 1 aromatic carbocycles. The smallest absolute Gasteiger partial charge is 0.187 e. The van der Waals surface area contributed by atoms with Crippen LogP contribution < -0.4 is 15.2 Å². The lowest BCUT2D eigenvalue weighted by Gasteiger charge is -2.15. The van der Waals surface area contributed by atoms with Crippen molar-refractivity contribution in [2.75, 3.05) is 5.32 Å². The minimum atomic E-state index is -1.58. The second kappa shape index (κ2) is 8.13. The quantitative estimate of drug-likeness (QED) is 0.591. The third kappa shape index (κ3) is 4.59. The molecule has 1 unspecified atom stereocenters. The van der Waals surface area contributed by atoms with Crippen LogP contribution in [0, 0.1) is 0 Å². The summed E-state index contributed by atoms with van der Waals surface area (Å²) in [6.45, 7) is 3.88. The summed E-state index contributed by atoms with van der Waals surface area (Å²) in [6.07, 6.45) is 1.67. The summed E-state index contributed by atoms with van der Waals surface area (Å²) in [5, 5.41) is 11.7. The van der Waals surface area contributed by atoms with Gasteiger partial charge in [-0.25, -0.2) is 19.3 Å². The largest absolute Gasteiger partial charge is 0.489 e. The standard InChI is InChI=1S/C17H17ClN4O2S2/c1-10(2)24-15-5-4-12(26(19)23)7-13(15)21-17-22-14(9-25-17)11-3-6-16(18)20-8-11/h3-10H,19H2,1-2H3,(H,21,22). The van der Waals surface area contributed by atoms with Gasteiger partial charge in [0.25, 0.3) is 0 Å². The van der Waals surface area contributed by atoms with Crippen LogP contribution in [0.25, 0.3) is 11.3 Å². The maximum absolute atomic E-state index is 11.6. The van der Waals surface area contributed by atoms with Crippen molar-refractivity contribution >= 4 is 44.7 Å². The molecule has 0 saturated heterocycles. The normalized spacial score (nSPS) is 12.2. The summed E-state index contributed by atoms with van der Waals surface area (Å²) in [4.78, 5) is 9.13. The van der Waals surface area contributed by atoms with Crippen LogP contribution in [-0.2, 0) is 11.0 Å². The number of nitrogens with zero attached hydrogens (tertiary/aromatic N) is 2. The first-order valence-corrected chi connectivity index (χ1v) is 10.2. The van der Waals surface area contributed by atoms with E-state index in [0.717, 1.165) is 11.3 Å². The molecule has 6 nitrogen and oxygen atoms in total. The molecule has 0 radical (unpaired) electrons. The van der Waals surface area contributed by atoms with Crippen molar-refractivity contribution in [1.29, 1.82) is 0 Å². The van der Waals surface area contributed by atoms with Crippen molar-refractivity contribution < 1.29 is 8.95 Å². The van der Waals surface area contributed by atoms with Gasteiger partial charge in [0, 0.05) is 17.1 Å². The number of benzene rings is 1. The molecule has 9 heteroatoms. The summed E-state index contributed by atoms with van der Waals surface area (Å²) in [5.74, 6) is 0.638. The van der Waals surface area contributed by atoms with Gasteiger partial charge >= 0.3 is 0 Å². The zero-order chi connectivity index (χ0) is 18.7. The molecule has 3 aromatic rings. The van der Waals surface area contributed by atoms with E-state index in [1.54, 1.807) is 30.5 Å². The van der Waals surface area contributed by atoms with E-state index < -0.39 is 11.0 Å². The zero-order valence-corrected chi connectivity index (χ0v) is 16.5. The molecule has 0 spiro atoms. The third-order valence-corrected chi connectivity index (χ3v) is 5.01. The molecule has 0 aliphatic carbocycles. The van der Waals surface area contributed by atoms with Crippen molar-refractivity contribution in [2.45, 2.75) is 24.8 Å². The zero-order valence-electron chi connectivity index (χ0n) is 14.1. The van der Waals surface area contributed by atoms with Crippen molar-refractivity contribution in [3.63, 3.8) is 0 Å². The predicted molar refractivity (Wildman–Crippen MR) is 106 cm³/mol. The minimum Gasteiger partial charge on any atom is -0.489 e. The molecule has 0 amide bonds. The fourth-order valence-electron chi connectivity index (χ4n) is 2.19. The first kappa shape index (κ1) is 18.8. The van der Waals surface area contributed by atoms with Gasteiger partial charge in [0.05, 0.1) is 22.4 Å². The molecule has 1 atom stereocenters. The Kier molecular flexibility index (Phi) is 5.87. The predicted octanol–water partition coefficient (Wildman–Crippen LogP) is 4.37. The minimum absolute atomic E-state index is 0.00299. The Morgan fingerprint density at radius 1 is 1.31 bits per heavy atom. The van der Waals surface area contributed by atoms with Crippen LogP contribution >= 0.6 is 22.9 Å². The van der Waals surface area contributed by atoms with Crippen molar-refractivity contribution in [3.05, 3.63) is 47.1 Å². The SMILES string of the molecule is CC(C)Oc1ccc(S(N)=O)cc1Nc1nc(-c2ccc(Cl)nc2)cs1. The molecule has 0 aliphatic heterocycles. The fraction of sp³-hybridized carbons (Fsp3) is 0.176. The lowest BCUT2D eigenvalue weighted by molar-refractivity contribution is 0.243. The first-order chi connectivity index (χ1) is 12.4. The van der Waals surface area contributed by atoms with Crippen LogP contribution in [-0.4, -0.2) is 20.3 Å². The van der Waals surface area contributed by atoms with E-state index in [0.29, 0.717) is 26.6 Å². The highest BCUT2D eigenvalue weighted by Crippen LogP contribution is 2.33. The van der Waals surface area contributed by atoms with Gasteiger partial charge in [0.1, 0.15) is 21.9 Å². The molecular formula is C17H17ClN4O2S2. The Bertz CT molecular complexity index is 929. The van der Waals surface area contributed by atoms with E-state index in [4.69, 9.17) is 21.5 Å². The van der Waals surface area contributed by atoms with Crippen molar-refractivity contribution in [3.8, 4) is 17.0 Å². The Morgan fingerprint density at radius 2 is 2.12 bits per heavy atom. The molecule has 136 valence electrons. The number of hydrogen-bond acceptors (Lipinski definition) is 6. The van der Waals surface area contributed by atoms with E-state index in [1.807, 2.05) is 25.3 Å². The summed E-state index contributed by atoms with van der Waals surface area (Å²) < 4.78 is 17.4. The summed E-state index contributed by atoms with van der Waals surface area (Å²) in [5.41, 5.74) is 2.31. The molecule has 3 rings (SSSR count). The van der Waals surface area contributed by atoms with Crippen LogP contribution in [0.5, 0.6) is 5.75 Å². The maximum atomic E-state index is 11.6. The van der Waals surface area contributed by atoms with Gasteiger partial charge in [-0.05, 0) is 44.2 Å². The number of anilines is 2. The third-order valence-electron chi connectivity index (χ3n) is 3.31. The topological polar surface area (TPSA) is 90.1 Å². The summed E-state index contributed by atoms with van der Waals surface area (Å²) in [7, 11) is -1.58. The van der Waals surface area contributed by atoms with Crippen molar-refractivity contribution in [2.24, 2.45) is 5.14 Å². The van der Waals surface area contributed by atoms with Crippen LogP contribution in [0.3, 0.4) is 0 Å². The molecule has 0 saturated carbocycles. The molecule has 0 fully saturated rings. The number of rotatable bonds is 6. The molecule has 2 heterocycles. The van der Waals surface area contributed by atoms with E-state index in [9.17, 15) is 4.21 Å². The summed E-state index contributed by atoms with van der Waals surface area (Å²) in [6, 6.07) is 8.72. The highest BCUT2D eigenvalue weighted by Gasteiger charge is 2.12. The molecular weight excluding hydrogens is 392 g/mol. The number of thiazole rings is 1. The highest BCUT2D eigenvalue weighted by molar-refractivity contribution is 7.82. The molecule has 2 aromatic heterocycles. The maximum Gasteiger partial charge on any atom is 0.187 e. The monoisotopic (exact) mass is 408 g/mol. The Balaban J connectivity index is 1.89. The molecule has 0 aliphatic rings. The number of nitrogens with two attached hydrogens (primary N) is 1. The van der Waals surface area contributed by atoms with Crippen LogP contribution in [0.4, 0.5) is 10.8 Å². The molecule has 0 bridgehead atoms.